The molecule has 1 unspecified atom stereocenters. The van der Waals surface area contributed by atoms with Crippen molar-refractivity contribution in [2.45, 2.75) is 46.2 Å². The zero-order chi connectivity index (χ0) is 13.5. The van der Waals surface area contributed by atoms with Crippen molar-refractivity contribution in [3.8, 4) is 0 Å². The third kappa shape index (κ3) is 4.79. The lowest BCUT2D eigenvalue weighted by Crippen LogP contribution is -2.37. The topological polar surface area (TPSA) is 75.1 Å². The van der Waals surface area contributed by atoms with Crippen LogP contribution in [0.4, 0.5) is 0 Å². The van der Waals surface area contributed by atoms with Crippen molar-refractivity contribution in [3.05, 3.63) is 23.8 Å². The Kier molecular flexibility index (Phi) is 5.71. The predicted octanol–water partition coefficient (Wildman–Crippen LogP) is 1.63. The van der Waals surface area contributed by atoms with Crippen LogP contribution in [0.3, 0.4) is 0 Å². The largest absolute Gasteiger partial charge is 0.480 e. The molecule has 18 heavy (non-hydrogen) atoms. The molecule has 0 aliphatic heterocycles. The number of carboxylic acid groups (broad SMARTS) is 1. The summed E-state index contributed by atoms with van der Waals surface area (Å²) in [7, 11) is 0. The number of nitrogens with one attached hydrogen (secondary N) is 1. The van der Waals surface area contributed by atoms with Gasteiger partial charge in [0.25, 0.3) is 0 Å². The summed E-state index contributed by atoms with van der Waals surface area (Å²) in [5.41, 5.74) is 0.905. The molecule has 0 aromatic carbocycles. The molecule has 5 nitrogen and oxygen atoms in total. The van der Waals surface area contributed by atoms with Gasteiger partial charge < -0.3 is 10.4 Å². The predicted molar refractivity (Wildman–Crippen MR) is 69.1 cm³/mol. The molecule has 1 heterocycles. The van der Waals surface area contributed by atoms with Crippen molar-refractivity contribution in [2.75, 3.05) is 0 Å². The monoisotopic (exact) mass is 251 g/mol. The molecular formula is C13H21N3O2. The molecule has 0 aliphatic carbocycles. The molecule has 0 spiro atoms. The number of carbonyl (C=O) groups is 1. The average molecular weight is 251 g/mol. The number of aromatic nitrogens is 2. The summed E-state index contributed by atoms with van der Waals surface area (Å²) in [6.45, 7) is 6.50. The molecule has 0 aliphatic rings. The fourth-order valence-corrected chi connectivity index (χ4v) is 1.64. The van der Waals surface area contributed by atoms with Crippen LogP contribution in [0.15, 0.2) is 12.4 Å². The van der Waals surface area contributed by atoms with Gasteiger partial charge in [0.2, 0.25) is 0 Å². The van der Waals surface area contributed by atoms with Crippen LogP contribution < -0.4 is 5.32 Å². The SMILES string of the molecule is CCc1ncc(CNC(CC(C)C)C(=O)O)cn1. The van der Waals surface area contributed by atoms with Crippen LogP contribution >= 0.6 is 0 Å². The van der Waals surface area contributed by atoms with E-state index < -0.39 is 12.0 Å². The number of hydrogen-bond donors (Lipinski definition) is 2. The van der Waals surface area contributed by atoms with E-state index in [0.29, 0.717) is 18.9 Å². The van der Waals surface area contributed by atoms with Gasteiger partial charge in [0.1, 0.15) is 11.9 Å². The van der Waals surface area contributed by atoms with Gasteiger partial charge in [-0.3, -0.25) is 4.79 Å². The highest BCUT2D eigenvalue weighted by atomic mass is 16.4. The third-order valence-electron chi connectivity index (χ3n) is 2.63. The van der Waals surface area contributed by atoms with E-state index in [9.17, 15) is 4.79 Å². The third-order valence-corrected chi connectivity index (χ3v) is 2.63. The van der Waals surface area contributed by atoms with Crippen LogP contribution in [0, 0.1) is 5.92 Å². The maximum atomic E-state index is 11.1. The lowest BCUT2D eigenvalue weighted by atomic mass is 10.0. The number of nitrogens with zero attached hydrogens (tertiary/aromatic N) is 2. The Hall–Kier alpha value is -1.49. The second-order valence-electron chi connectivity index (χ2n) is 4.76. The molecule has 0 saturated heterocycles. The first-order valence-corrected chi connectivity index (χ1v) is 6.29. The highest BCUT2D eigenvalue weighted by molar-refractivity contribution is 5.73. The minimum absolute atomic E-state index is 0.345. The zero-order valence-electron chi connectivity index (χ0n) is 11.2. The highest BCUT2D eigenvalue weighted by Crippen LogP contribution is 2.06. The summed E-state index contributed by atoms with van der Waals surface area (Å²) in [4.78, 5) is 19.4. The van der Waals surface area contributed by atoms with Crippen molar-refractivity contribution in [3.63, 3.8) is 0 Å². The first kappa shape index (κ1) is 14.6. The number of rotatable bonds is 7. The normalized spacial score (nSPS) is 12.7. The van der Waals surface area contributed by atoms with E-state index in [0.717, 1.165) is 17.8 Å². The molecule has 0 bridgehead atoms. The van der Waals surface area contributed by atoms with E-state index in [1.807, 2.05) is 20.8 Å². The number of aryl methyl sites for hydroxylation is 1. The first-order valence-electron chi connectivity index (χ1n) is 6.29. The maximum absolute atomic E-state index is 11.1. The van der Waals surface area contributed by atoms with Crippen molar-refractivity contribution in [1.29, 1.82) is 0 Å². The van der Waals surface area contributed by atoms with Crippen molar-refractivity contribution in [1.82, 2.24) is 15.3 Å². The summed E-state index contributed by atoms with van der Waals surface area (Å²) >= 11 is 0. The quantitative estimate of drug-likeness (QED) is 0.770. The Balaban J connectivity index is 2.52. The molecular weight excluding hydrogens is 230 g/mol. The van der Waals surface area contributed by atoms with Gasteiger partial charge in [-0.1, -0.05) is 20.8 Å². The molecule has 1 rings (SSSR count). The fraction of sp³-hybridized carbons (Fsp3) is 0.615. The van der Waals surface area contributed by atoms with Gasteiger partial charge in [-0.15, -0.1) is 0 Å². The molecule has 0 saturated carbocycles. The highest BCUT2D eigenvalue weighted by Gasteiger charge is 2.17. The Morgan fingerprint density at radius 2 is 2.00 bits per heavy atom. The summed E-state index contributed by atoms with van der Waals surface area (Å²) in [6, 6.07) is -0.518. The van der Waals surface area contributed by atoms with Crippen LogP contribution in [0.5, 0.6) is 0 Å². The Labute approximate surface area is 108 Å². The summed E-state index contributed by atoms with van der Waals surface area (Å²) in [5, 5.41) is 12.1. The van der Waals surface area contributed by atoms with E-state index in [4.69, 9.17) is 5.11 Å². The average Bonchev–Trinajstić information content (AvgIpc) is 2.34. The molecule has 5 heteroatoms. The summed E-state index contributed by atoms with van der Waals surface area (Å²) in [6.07, 6.45) is 4.91. The van der Waals surface area contributed by atoms with E-state index >= 15 is 0 Å². The van der Waals surface area contributed by atoms with Gasteiger partial charge in [0.05, 0.1) is 0 Å². The molecule has 0 amide bonds. The molecule has 1 aromatic rings. The van der Waals surface area contributed by atoms with Crippen molar-refractivity contribution < 1.29 is 9.90 Å². The molecule has 1 aromatic heterocycles. The Morgan fingerprint density at radius 3 is 2.44 bits per heavy atom. The second-order valence-corrected chi connectivity index (χ2v) is 4.76. The molecule has 100 valence electrons. The minimum atomic E-state index is -0.810. The van der Waals surface area contributed by atoms with Gasteiger partial charge >= 0.3 is 5.97 Å². The maximum Gasteiger partial charge on any atom is 0.320 e. The summed E-state index contributed by atoms with van der Waals surface area (Å²) in [5.74, 6) is 0.336. The number of hydrogen-bond acceptors (Lipinski definition) is 4. The first-order chi connectivity index (χ1) is 8.52. The molecule has 2 N–H and O–H groups in total. The number of aliphatic carboxylic acids is 1. The minimum Gasteiger partial charge on any atom is -0.480 e. The van der Waals surface area contributed by atoms with Crippen LogP contribution in [0.25, 0.3) is 0 Å². The van der Waals surface area contributed by atoms with Crippen molar-refractivity contribution >= 4 is 5.97 Å². The smallest absolute Gasteiger partial charge is 0.320 e. The van der Waals surface area contributed by atoms with Crippen LogP contribution in [-0.2, 0) is 17.8 Å². The van der Waals surface area contributed by atoms with Crippen LogP contribution in [-0.4, -0.2) is 27.1 Å². The van der Waals surface area contributed by atoms with Gasteiger partial charge in [-0.25, -0.2) is 9.97 Å². The standard InChI is InChI=1S/C13H21N3O2/c1-4-12-15-7-10(8-16-12)6-14-11(13(17)18)5-9(2)3/h7-9,11,14H,4-6H2,1-3H3,(H,17,18). The number of carboxylic acids is 1. The Bertz CT molecular complexity index is 376. The van der Waals surface area contributed by atoms with E-state index in [1.165, 1.54) is 0 Å². The van der Waals surface area contributed by atoms with E-state index in [1.54, 1.807) is 12.4 Å². The van der Waals surface area contributed by atoms with Crippen LogP contribution in [0.2, 0.25) is 0 Å². The van der Waals surface area contributed by atoms with Gasteiger partial charge in [0, 0.05) is 30.9 Å². The van der Waals surface area contributed by atoms with E-state index in [-0.39, 0.29) is 0 Å². The van der Waals surface area contributed by atoms with Gasteiger partial charge in [-0.05, 0) is 12.3 Å². The fourth-order valence-electron chi connectivity index (χ4n) is 1.64. The lowest BCUT2D eigenvalue weighted by molar-refractivity contribution is -0.140. The van der Waals surface area contributed by atoms with Gasteiger partial charge in [-0.2, -0.15) is 0 Å². The second kappa shape index (κ2) is 7.06. The molecule has 0 fully saturated rings. The van der Waals surface area contributed by atoms with E-state index in [2.05, 4.69) is 15.3 Å². The molecule has 0 radical (unpaired) electrons. The lowest BCUT2D eigenvalue weighted by Gasteiger charge is -2.16. The summed E-state index contributed by atoms with van der Waals surface area (Å²) < 4.78 is 0. The van der Waals surface area contributed by atoms with Crippen LogP contribution in [0.1, 0.15) is 38.6 Å². The zero-order valence-corrected chi connectivity index (χ0v) is 11.2. The van der Waals surface area contributed by atoms with Gasteiger partial charge in [0.15, 0.2) is 0 Å². The molecule has 1 atom stereocenters. The van der Waals surface area contributed by atoms with Crippen molar-refractivity contribution in [2.24, 2.45) is 5.92 Å². The Morgan fingerprint density at radius 1 is 1.39 bits per heavy atom.